The van der Waals surface area contributed by atoms with E-state index in [0.717, 1.165) is 18.3 Å². The second-order valence-electron chi connectivity index (χ2n) is 5.56. The number of hydrogen-bond donors (Lipinski definition) is 0. The van der Waals surface area contributed by atoms with Crippen LogP contribution in [-0.2, 0) is 17.5 Å². The largest absolute Gasteiger partial charge is 0.457 e. The Morgan fingerprint density at radius 2 is 1.93 bits per heavy atom. The summed E-state index contributed by atoms with van der Waals surface area (Å²) >= 11 is 0. The van der Waals surface area contributed by atoms with Gasteiger partial charge in [0.2, 0.25) is 0 Å². The van der Waals surface area contributed by atoms with Gasteiger partial charge in [0.1, 0.15) is 12.4 Å². The van der Waals surface area contributed by atoms with Crippen LogP contribution in [0, 0.1) is 17.1 Å². The quantitative estimate of drug-likeness (QED) is 0.496. The van der Waals surface area contributed by atoms with Crippen LogP contribution in [0.15, 0.2) is 48.7 Å². The van der Waals surface area contributed by atoms with E-state index in [0.29, 0.717) is 0 Å². The number of halogens is 4. The molecule has 3 aromatic rings. The Labute approximate surface area is 150 Å². The van der Waals surface area contributed by atoms with E-state index in [1.54, 1.807) is 6.07 Å². The molecule has 0 amide bonds. The van der Waals surface area contributed by atoms with Crippen LogP contribution in [0.5, 0.6) is 0 Å². The molecular formula is C19H10F4N2O2. The summed E-state index contributed by atoms with van der Waals surface area (Å²) in [7, 11) is 0. The molecule has 2 aromatic carbocycles. The van der Waals surface area contributed by atoms with Crippen molar-refractivity contribution in [2.24, 2.45) is 0 Å². The third kappa shape index (κ3) is 3.72. The van der Waals surface area contributed by atoms with E-state index >= 15 is 0 Å². The van der Waals surface area contributed by atoms with E-state index < -0.39 is 35.7 Å². The first-order valence-electron chi connectivity index (χ1n) is 7.62. The highest BCUT2D eigenvalue weighted by atomic mass is 19.4. The van der Waals surface area contributed by atoms with Gasteiger partial charge in [-0.3, -0.25) is 4.98 Å². The van der Waals surface area contributed by atoms with E-state index in [1.807, 2.05) is 0 Å². The Morgan fingerprint density at radius 1 is 1.19 bits per heavy atom. The fraction of sp³-hybridized carbons (Fsp3) is 0.105. The van der Waals surface area contributed by atoms with Crippen LogP contribution in [0.4, 0.5) is 17.6 Å². The molecule has 1 heterocycles. The Bertz CT molecular complexity index is 1070. The highest BCUT2D eigenvalue weighted by Crippen LogP contribution is 2.37. The molecule has 0 aliphatic heterocycles. The van der Waals surface area contributed by atoms with Crippen molar-refractivity contribution in [2.45, 2.75) is 12.8 Å². The number of benzene rings is 2. The first-order valence-corrected chi connectivity index (χ1v) is 7.62. The lowest BCUT2D eigenvalue weighted by Crippen LogP contribution is -2.16. The number of aromatic nitrogens is 1. The lowest BCUT2D eigenvalue weighted by atomic mass is 10.0. The van der Waals surface area contributed by atoms with Gasteiger partial charge in [0.25, 0.3) is 0 Å². The van der Waals surface area contributed by atoms with E-state index in [9.17, 15) is 22.4 Å². The maximum Gasteiger partial charge on any atom is 0.417 e. The highest BCUT2D eigenvalue weighted by Gasteiger charge is 2.38. The summed E-state index contributed by atoms with van der Waals surface area (Å²) in [5.74, 6) is -2.03. The summed E-state index contributed by atoms with van der Waals surface area (Å²) < 4.78 is 59.2. The average molecular weight is 374 g/mol. The van der Waals surface area contributed by atoms with Crippen molar-refractivity contribution in [1.29, 1.82) is 5.26 Å². The summed E-state index contributed by atoms with van der Waals surface area (Å²) in [5, 5.41) is 8.58. The number of hydrogen-bond acceptors (Lipinski definition) is 4. The number of nitriles is 1. The topological polar surface area (TPSA) is 63.0 Å². The van der Waals surface area contributed by atoms with Crippen LogP contribution in [0.1, 0.15) is 27.0 Å². The van der Waals surface area contributed by atoms with Crippen molar-refractivity contribution in [2.75, 3.05) is 0 Å². The maximum atomic E-state index is 13.7. The number of nitrogens with zero attached hydrogens (tertiary/aromatic N) is 2. The second kappa shape index (κ2) is 7.03. The molecule has 1 aromatic heterocycles. The fourth-order valence-electron chi connectivity index (χ4n) is 2.58. The molecule has 0 radical (unpaired) electrons. The first-order chi connectivity index (χ1) is 12.8. The predicted octanol–water partition coefficient (Wildman–Crippen LogP) is 4.62. The summed E-state index contributed by atoms with van der Waals surface area (Å²) in [5.41, 5.74) is -1.84. The van der Waals surface area contributed by atoms with Gasteiger partial charge < -0.3 is 4.74 Å². The van der Waals surface area contributed by atoms with Crippen LogP contribution in [0.2, 0.25) is 0 Å². The van der Waals surface area contributed by atoms with Crippen molar-refractivity contribution < 1.29 is 27.1 Å². The molecule has 0 saturated carbocycles. The molecule has 0 N–H and O–H groups in total. The van der Waals surface area contributed by atoms with Gasteiger partial charge >= 0.3 is 12.1 Å². The number of pyridine rings is 1. The van der Waals surface area contributed by atoms with Gasteiger partial charge in [-0.05, 0) is 24.3 Å². The smallest absolute Gasteiger partial charge is 0.417 e. The van der Waals surface area contributed by atoms with Gasteiger partial charge in [-0.25, -0.2) is 9.18 Å². The van der Waals surface area contributed by atoms with Gasteiger partial charge in [-0.1, -0.05) is 18.2 Å². The van der Waals surface area contributed by atoms with Crippen molar-refractivity contribution in [3.05, 3.63) is 76.7 Å². The summed E-state index contributed by atoms with van der Waals surface area (Å²) in [4.78, 5) is 16.1. The molecule has 3 rings (SSSR count). The number of esters is 1. The number of rotatable bonds is 3. The zero-order chi connectivity index (χ0) is 19.6. The van der Waals surface area contributed by atoms with E-state index in [4.69, 9.17) is 10.00 Å². The normalized spacial score (nSPS) is 11.2. The van der Waals surface area contributed by atoms with Crippen molar-refractivity contribution >= 4 is 16.9 Å². The highest BCUT2D eigenvalue weighted by molar-refractivity contribution is 5.97. The Morgan fingerprint density at radius 3 is 2.63 bits per heavy atom. The van der Waals surface area contributed by atoms with Gasteiger partial charge in [0.15, 0.2) is 0 Å². The molecule has 0 fully saturated rings. The molecule has 0 aliphatic carbocycles. The van der Waals surface area contributed by atoms with E-state index in [1.165, 1.54) is 30.3 Å². The monoisotopic (exact) mass is 374 g/mol. The number of para-hydroxylation sites is 1. The molecule has 0 bridgehead atoms. The minimum atomic E-state index is -4.82. The first kappa shape index (κ1) is 18.3. The van der Waals surface area contributed by atoms with Crippen LogP contribution in [0.25, 0.3) is 10.9 Å². The SMILES string of the molecule is N#Cc1ccc(F)c(COC(=O)c2cnc3ccccc3c2C(F)(F)F)c1. The molecule has 0 spiro atoms. The lowest BCUT2D eigenvalue weighted by molar-refractivity contribution is -0.136. The van der Waals surface area contributed by atoms with Crippen molar-refractivity contribution in [3.8, 4) is 6.07 Å². The number of alkyl halides is 3. The van der Waals surface area contributed by atoms with Crippen LogP contribution < -0.4 is 0 Å². The second-order valence-corrected chi connectivity index (χ2v) is 5.56. The summed E-state index contributed by atoms with van der Waals surface area (Å²) in [6.45, 7) is -0.621. The minimum Gasteiger partial charge on any atom is -0.457 e. The summed E-state index contributed by atoms with van der Waals surface area (Å²) in [6, 6.07) is 10.7. The molecule has 0 saturated heterocycles. The minimum absolute atomic E-state index is 0.0779. The number of carbonyl (C=O) groups is 1. The molecule has 27 heavy (non-hydrogen) atoms. The van der Waals surface area contributed by atoms with Gasteiger partial charge in [0, 0.05) is 17.1 Å². The molecule has 8 heteroatoms. The van der Waals surface area contributed by atoms with E-state index in [2.05, 4.69) is 4.98 Å². The molecule has 0 unspecified atom stereocenters. The lowest BCUT2D eigenvalue weighted by Gasteiger charge is -2.15. The zero-order valence-corrected chi connectivity index (χ0v) is 13.5. The number of carbonyl (C=O) groups excluding carboxylic acids is 1. The zero-order valence-electron chi connectivity index (χ0n) is 13.5. The number of fused-ring (bicyclic) bond motifs is 1. The fourth-order valence-corrected chi connectivity index (χ4v) is 2.58. The summed E-state index contributed by atoms with van der Waals surface area (Å²) in [6.07, 6.45) is -4.03. The Balaban J connectivity index is 1.96. The molecular weight excluding hydrogens is 364 g/mol. The van der Waals surface area contributed by atoms with Crippen LogP contribution in [-0.4, -0.2) is 11.0 Å². The van der Waals surface area contributed by atoms with Gasteiger partial charge in [-0.2, -0.15) is 18.4 Å². The van der Waals surface area contributed by atoms with E-state index in [-0.39, 0.29) is 22.0 Å². The molecule has 0 atom stereocenters. The van der Waals surface area contributed by atoms with Gasteiger partial charge in [-0.15, -0.1) is 0 Å². The van der Waals surface area contributed by atoms with Crippen LogP contribution >= 0.6 is 0 Å². The predicted molar refractivity (Wildman–Crippen MR) is 87.0 cm³/mol. The van der Waals surface area contributed by atoms with Crippen molar-refractivity contribution in [3.63, 3.8) is 0 Å². The number of ether oxygens (including phenoxy) is 1. The standard InChI is InChI=1S/C19H10F4N2O2/c20-15-6-5-11(8-24)7-12(15)10-27-18(26)14-9-25-16-4-2-1-3-13(16)17(14)19(21,22)23/h1-7,9H,10H2. The van der Waals surface area contributed by atoms with Gasteiger partial charge in [0.05, 0.1) is 28.3 Å². The molecule has 0 aliphatic rings. The van der Waals surface area contributed by atoms with Crippen molar-refractivity contribution in [1.82, 2.24) is 4.98 Å². The molecule has 136 valence electrons. The average Bonchev–Trinajstić information content (AvgIpc) is 2.65. The van der Waals surface area contributed by atoms with Crippen LogP contribution in [0.3, 0.4) is 0 Å². The third-order valence-electron chi connectivity index (χ3n) is 3.81. The molecule has 4 nitrogen and oxygen atoms in total. The maximum absolute atomic E-state index is 13.7. The Kier molecular flexibility index (Phi) is 4.77. The third-order valence-corrected chi connectivity index (χ3v) is 3.81. The Hall–Kier alpha value is -3.47.